The molecule has 13 nitrogen and oxygen atoms in total. The van der Waals surface area contributed by atoms with E-state index in [0.29, 0.717) is 48.6 Å². The Bertz CT molecular complexity index is 1850. The van der Waals surface area contributed by atoms with Gasteiger partial charge in [-0.2, -0.15) is 0 Å². The molecule has 0 saturated carbocycles. The SMILES string of the molecule is C[C@H]1CN(c2ccncc2NC(=O)c2nc3cc(C4=CCOCC4)ccc3cc2NC(=O)O)C[C@@H](NC(=O)OC(C)(C)C)[C@@H]1O[Si](C)(C)C(C)(C)C. The van der Waals surface area contributed by atoms with Crippen molar-refractivity contribution in [3.63, 3.8) is 0 Å². The third-order valence-electron chi connectivity index (χ3n) is 9.82. The van der Waals surface area contributed by atoms with E-state index < -0.39 is 38.1 Å². The van der Waals surface area contributed by atoms with Gasteiger partial charge in [-0.3, -0.25) is 15.1 Å². The van der Waals surface area contributed by atoms with E-state index >= 15 is 0 Å². The summed E-state index contributed by atoms with van der Waals surface area (Å²) in [5.41, 5.74) is 3.02. The number of alkyl carbamates (subject to hydrolysis) is 1. The number of piperidine rings is 1. The average Bonchev–Trinajstić information content (AvgIpc) is 3.04. The zero-order valence-corrected chi connectivity index (χ0v) is 32.6. The Morgan fingerprint density at radius 2 is 1.77 bits per heavy atom. The van der Waals surface area contributed by atoms with Crippen LogP contribution in [-0.4, -0.2) is 85.5 Å². The van der Waals surface area contributed by atoms with Crippen LogP contribution >= 0.6 is 0 Å². The number of ether oxygens (including phenoxy) is 2. The van der Waals surface area contributed by atoms with Crippen LogP contribution in [0.15, 0.2) is 48.8 Å². The third kappa shape index (κ3) is 9.27. The van der Waals surface area contributed by atoms with Crippen molar-refractivity contribution in [1.29, 1.82) is 0 Å². The number of anilines is 3. The van der Waals surface area contributed by atoms with E-state index in [1.807, 2.05) is 45.0 Å². The molecule has 0 radical (unpaired) electrons. The first-order valence-electron chi connectivity index (χ1n) is 17.7. The fourth-order valence-electron chi connectivity index (χ4n) is 6.24. The number of hydrogen-bond acceptors (Lipinski definition) is 9. The number of carboxylic acid groups (broad SMARTS) is 1. The predicted molar refractivity (Wildman–Crippen MR) is 206 cm³/mol. The van der Waals surface area contributed by atoms with Crippen LogP contribution in [-0.2, 0) is 13.9 Å². The number of amides is 3. The lowest BCUT2D eigenvalue weighted by Crippen LogP contribution is -2.63. The monoisotopic (exact) mass is 732 g/mol. The van der Waals surface area contributed by atoms with Gasteiger partial charge in [0.1, 0.15) is 5.60 Å². The molecule has 280 valence electrons. The van der Waals surface area contributed by atoms with Crippen molar-refractivity contribution in [2.75, 3.05) is 41.8 Å². The van der Waals surface area contributed by atoms with Crippen LogP contribution in [0.4, 0.5) is 26.7 Å². The van der Waals surface area contributed by atoms with Crippen molar-refractivity contribution in [3.8, 4) is 0 Å². The van der Waals surface area contributed by atoms with Gasteiger partial charge < -0.3 is 34.5 Å². The van der Waals surface area contributed by atoms with Crippen LogP contribution in [0.3, 0.4) is 0 Å². The highest BCUT2D eigenvalue weighted by atomic mass is 28.4. The van der Waals surface area contributed by atoms with Crippen LogP contribution in [0.25, 0.3) is 16.5 Å². The summed E-state index contributed by atoms with van der Waals surface area (Å²) in [6.45, 7) is 20.6. The normalized spacial score (nSPS) is 19.8. The van der Waals surface area contributed by atoms with Crippen LogP contribution in [0, 0.1) is 5.92 Å². The highest BCUT2D eigenvalue weighted by molar-refractivity contribution is 6.74. The van der Waals surface area contributed by atoms with Crippen molar-refractivity contribution in [2.24, 2.45) is 5.92 Å². The minimum absolute atomic E-state index is 0.0203. The molecule has 4 N–H and O–H groups in total. The number of pyridine rings is 2. The van der Waals surface area contributed by atoms with Gasteiger partial charge in [0.05, 0.1) is 54.1 Å². The molecule has 2 aliphatic heterocycles. The molecule has 0 bridgehead atoms. The number of rotatable bonds is 8. The first-order valence-corrected chi connectivity index (χ1v) is 20.6. The molecule has 3 amide bonds. The topological polar surface area (TPSA) is 164 Å². The molecule has 1 fully saturated rings. The lowest BCUT2D eigenvalue weighted by Gasteiger charge is -2.48. The second kappa shape index (κ2) is 15.2. The van der Waals surface area contributed by atoms with Gasteiger partial charge in [-0.15, -0.1) is 0 Å². The average molecular weight is 733 g/mol. The summed E-state index contributed by atoms with van der Waals surface area (Å²) in [5.74, 6) is -0.628. The van der Waals surface area contributed by atoms with Gasteiger partial charge in [-0.1, -0.05) is 45.9 Å². The van der Waals surface area contributed by atoms with Crippen molar-refractivity contribution in [2.45, 2.75) is 90.8 Å². The Balaban J connectivity index is 1.46. The van der Waals surface area contributed by atoms with Gasteiger partial charge in [0, 0.05) is 30.6 Å². The van der Waals surface area contributed by atoms with Crippen molar-refractivity contribution < 1.29 is 33.4 Å². The van der Waals surface area contributed by atoms with Gasteiger partial charge in [0.25, 0.3) is 5.91 Å². The second-order valence-corrected chi connectivity index (χ2v) is 20.9. The Morgan fingerprint density at radius 1 is 1.02 bits per heavy atom. The van der Waals surface area contributed by atoms with E-state index in [2.05, 4.69) is 71.6 Å². The quantitative estimate of drug-likeness (QED) is 0.170. The van der Waals surface area contributed by atoms with Crippen LogP contribution < -0.4 is 20.9 Å². The zero-order chi connectivity index (χ0) is 38.0. The number of carbonyl (C=O) groups excluding carboxylic acids is 2. The van der Waals surface area contributed by atoms with Crippen LogP contribution in [0.5, 0.6) is 0 Å². The van der Waals surface area contributed by atoms with Gasteiger partial charge >= 0.3 is 12.2 Å². The molecule has 2 aliphatic rings. The molecule has 5 rings (SSSR count). The Kier molecular flexibility index (Phi) is 11.3. The van der Waals surface area contributed by atoms with Gasteiger partial charge in [-0.05, 0) is 74.7 Å². The van der Waals surface area contributed by atoms with E-state index in [1.54, 1.807) is 24.5 Å². The molecular formula is C38H52N6O7Si. The van der Waals surface area contributed by atoms with Crippen molar-refractivity contribution in [1.82, 2.24) is 15.3 Å². The van der Waals surface area contributed by atoms with E-state index in [1.165, 1.54) is 0 Å². The molecule has 3 atom stereocenters. The summed E-state index contributed by atoms with van der Waals surface area (Å²) in [4.78, 5) is 50.0. The predicted octanol–water partition coefficient (Wildman–Crippen LogP) is 7.52. The van der Waals surface area contributed by atoms with E-state index in [-0.39, 0.29) is 28.4 Å². The second-order valence-electron chi connectivity index (χ2n) is 16.1. The summed E-state index contributed by atoms with van der Waals surface area (Å²) < 4.78 is 18.1. The number of hydrogen-bond donors (Lipinski definition) is 4. The highest BCUT2D eigenvalue weighted by Crippen LogP contribution is 2.40. The number of aromatic nitrogens is 2. The van der Waals surface area contributed by atoms with E-state index in [4.69, 9.17) is 13.9 Å². The van der Waals surface area contributed by atoms with Gasteiger partial charge in [-0.25, -0.2) is 14.6 Å². The number of carbonyl (C=O) groups is 3. The molecule has 0 aliphatic carbocycles. The molecule has 0 spiro atoms. The van der Waals surface area contributed by atoms with Crippen LogP contribution in [0.1, 0.15) is 70.9 Å². The van der Waals surface area contributed by atoms with Gasteiger partial charge in [0.15, 0.2) is 14.0 Å². The molecular weight excluding hydrogens is 681 g/mol. The molecule has 0 unspecified atom stereocenters. The standard InChI is InChI=1S/C38H52N6O7Si/c1-23-21-44(22-30(43-36(48)50-37(2,3)4)33(23)51-52(8,9)38(5,6)7)31-12-15-39-20-29(31)41-34(45)32-28(42-35(46)47)19-26-11-10-25(18-27(26)40-32)24-13-16-49-17-14-24/h10-13,15,18-20,23,30,33,42H,14,16-17,21-22H2,1-9H3,(H,41,45)(H,43,48)(H,46,47)/t23-,30+,33+/m0/s1. The summed E-state index contributed by atoms with van der Waals surface area (Å²) in [7, 11) is -2.24. The molecule has 1 aromatic carbocycles. The molecule has 4 heterocycles. The maximum Gasteiger partial charge on any atom is 0.409 e. The van der Waals surface area contributed by atoms with Gasteiger partial charge in [0.2, 0.25) is 0 Å². The highest BCUT2D eigenvalue weighted by Gasteiger charge is 2.45. The number of fused-ring (bicyclic) bond motifs is 1. The lowest BCUT2D eigenvalue weighted by molar-refractivity contribution is 0.0336. The summed E-state index contributed by atoms with van der Waals surface area (Å²) in [6, 6.07) is 8.71. The molecule has 3 aromatic rings. The van der Waals surface area contributed by atoms with E-state index in [9.17, 15) is 19.5 Å². The Labute approximate surface area is 306 Å². The summed E-state index contributed by atoms with van der Waals surface area (Å²) in [6.07, 6.45) is 3.85. The third-order valence-corrected chi connectivity index (χ3v) is 14.3. The minimum atomic E-state index is -2.24. The largest absolute Gasteiger partial charge is 0.465 e. The minimum Gasteiger partial charge on any atom is -0.465 e. The lowest BCUT2D eigenvalue weighted by atomic mass is 9.92. The van der Waals surface area contributed by atoms with Crippen molar-refractivity contribution in [3.05, 3.63) is 60.1 Å². The Hall–Kier alpha value is -4.53. The first-order chi connectivity index (χ1) is 24.3. The van der Waals surface area contributed by atoms with Crippen LogP contribution in [0.2, 0.25) is 18.1 Å². The number of benzene rings is 1. The first kappa shape index (κ1) is 38.7. The number of nitrogens with one attached hydrogen (secondary N) is 3. The molecule has 52 heavy (non-hydrogen) atoms. The molecule has 2 aromatic heterocycles. The van der Waals surface area contributed by atoms with Crippen molar-refractivity contribution >= 4 is 59.9 Å². The zero-order valence-electron chi connectivity index (χ0n) is 31.6. The maximum atomic E-state index is 14.0. The Morgan fingerprint density at radius 3 is 2.42 bits per heavy atom. The summed E-state index contributed by atoms with van der Waals surface area (Å²) >= 11 is 0. The molecule has 1 saturated heterocycles. The maximum absolute atomic E-state index is 14.0. The summed E-state index contributed by atoms with van der Waals surface area (Å²) in [5, 5.41) is 18.6. The fourth-order valence-corrected chi connectivity index (χ4v) is 7.67. The fraction of sp³-hybridized carbons (Fsp3) is 0.500. The molecule has 14 heteroatoms. The smallest absolute Gasteiger partial charge is 0.409 e. The number of nitrogens with zero attached hydrogens (tertiary/aromatic N) is 3. The van der Waals surface area contributed by atoms with E-state index in [0.717, 1.165) is 17.6 Å².